The number of nitrogens with one attached hydrogen (secondary N) is 2. The fourth-order valence-corrected chi connectivity index (χ4v) is 4.14. The SMILES string of the molecule is COc1cc(C(=O)NC(N)=Nc2ccc(C)c(NC(=O)c3ccc(Cc4ccccc4)cc3)c2)cc(C)c1C. The van der Waals surface area contributed by atoms with Crippen molar-refractivity contribution in [2.45, 2.75) is 27.2 Å². The highest BCUT2D eigenvalue weighted by Gasteiger charge is 2.13. The molecule has 0 unspecified atom stereocenters. The highest BCUT2D eigenvalue weighted by molar-refractivity contribution is 6.07. The van der Waals surface area contributed by atoms with E-state index in [9.17, 15) is 9.59 Å². The monoisotopic (exact) mass is 520 g/mol. The van der Waals surface area contributed by atoms with Crippen molar-refractivity contribution in [3.05, 3.63) is 124 Å². The van der Waals surface area contributed by atoms with Crippen LogP contribution in [0.1, 0.15) is 48.5 Å². The maximum atomic E-state index is 12.9. The summed E-state index contributed by atoms with van der Waals surface area (Å²) in [6.45, 7) is 5.73. The first kappa shape index (κ1) is 27.1. The van der Waals surface area contributed by atoms with Crippen LogP contribution in [0, 0.1) is 20.8 Å². The predicted molar refractivity (Wildman–Crippen MR) is 156 cm³/mol. The Hall–Kier alpha value is -4.91. The number of hydrogen-bond acceptors (Lipinski definition) is 4. The summed E-state index contributed by atoms with van der Waals surface area (Å²) in [5, 5.41) is 5.56. The lowest BCUT2D eigenvalue weighted by Crippen LogP contribution is -2.36. The van der Waals surface area contributed by atoms with E-state index in [0.29, 0.717) is 28.3 Å². The van der Waals surface area contributed by atoms with Gasteiger partial charge in [0, 0.05) is 16.8 Å². The Kier molecular flexibility index (Phi) is 8.41. The van der Waals surface area contributed by atoms with Gasteiger partial charge in [0.1, 0.15) is 5.75 Å². The first-order chi connectivity index (χ1) is 18.7. The number of methoxy groups -OCH3 is 1. The van der Waals surface area contributed by atoms with Crippen LogP contribution in [0.3, 0.4) is 0 Å². The number of hydrogen-bond donors (Lipinski definition) is 3. The minimum Gasteiger partial charge on any atom is -0.496 e. The Balaban J connectivity index is 1.43. The molecule has 0 saturated heterocycles. The molecule has 4 aromatic carbocycles. The third-order valence-corrected chi connectivity index (χ3v) is 6.53. The van der Waals surface area contributed by atoms with E-state index >= 15 is 0 Å². The molecule has 4 rings (SSSR count). The molecule has 198 valence electrons. The van der Waals surface area contributed by atoms with E-state index in [0.717, 1.165) is 28.7 Å². The van der Waals surface area contributed by atoms with Gasteiger partial charge in [-0.25, -0.2) is 4.99 Å². The number of aryl methyl sites for hydroxylation is 2. The van der Waals surface area contributed by atoms with Crippen molar-refractivity contribution in [1.82, 2.24) is 5.32 Å². The summed E-state index contributed by atoms with van der Waals surface area (Å²) in [5.41, 5.74) is 13.2. The lowest BCUT2D eigenvalue weighted by Gasteiger charge is -2.12. The van der Waals surface area contributed by atoms with E-state index in [1.165, 1.54) is 5.56 Å². The second-order valence-electron chi connectivity index (χ2n) is 9.38. The number of aliphatic imine (C=N–C) groups is 1. The Morgan fingerprint density at radius 3 is 2.18 bits per heavy atom. The smallest absolute Gasteiger partial charge is 0.258 e. The number of benzene rings is 4. The zero-order valence-corrected chi connectivity index (χ0v) is 22.5. The third kappa shape index (κ3) is 6.90. The maximum absolute atomic E-state index is 12.9. The molecule has 0 aromatic heterocycles. The molecule has 7 nitrogen and oxygen atoms in total. The molecule has 0 fully saturated rings. The average molecular weight is 521 g/mol. The minimum atomic E-state index is -0.394. The van der Waals surface area contributed by atoms with Gasteiger partial charge in [-0.05, 0) is 91.4 Å². The lowest BCUT2D eigenvalue weighted by atomic mass is 10.0. The first-order valence-electron chi connectivity index (χ1n) is 12.6. The molecule has 0 atom stereocenters. The highest BCUT2D eigenvalue weighted by Crippen LogP contribution is 2.25. The molecule has 0 saturated carbocycles. The molecule has 4 aromatic rings. The van der Waals surface area contributed by atoms with Crippen LogP contribution >= 0.6 is 0 Å². The van der Waals surface area contributed by atoms with Gasteiger partial charge in [-0.3, -0.25) is 14.9 Å². The fraction of sp³-hybridized carbons (Fsp3) is 0.156. The van der Waals surface area contributed by atoms with E-state index in [1.54, 1.807) is 31.4 Å². The number of rotatable bonds is 7. The molecule has 0 spiro atoms. The molecule has 39 heavy (non-hydrogen) atoms. The van der Waals surface area contributed by atoms with E-state index in [1.807, 2.05) is 69.3 Å². The van der Waals surface area contributed by atoms with Gasteiger partial charge in [0.25, 0.3) is 11.8 Å². The summed E-state index contributed by atoms with van der Waals surface area (Å²) in [6, 6.07) is 26.5. The summed E-state index contributed by atoms with van der Waals surface area (Å²) >= 11 is 0. The number of carbonyl (C=O) groups is 2. The minimum absolute atomic E-state index is 0.0627. The summed E-state index contributed by atoms with van der Waals surface area (Å²) in [4.78, 5) is 30.0. The molecular weight excluding hydrogens is 488 g/mol. The van der Waals surface area contributed by atoms with E-state index in [-0.39, 0.29) is 11.9 Å². The van der Waals surface area contributed by atoms with Gasteiger partial charge in [0.2, 0.25) is 5.96 Å². The van der Waals surface area contributed by atoms with Gasteiger partial charge in [0.05, 0.1) is 12.8 Å². The van der Waals surface area contributed by atoms with Gasteiger partial charge in [-0.15, -0.1) is 0 Å². The van der Waals surface area contributed by atoms with Gasteiger partial charge in [-0.2, -0.15) is 0 Å². The van der Waals surface area contributed by atoms with Crippen LogP contribution in [0.5, 0.6) is 5.75 Å². The Bertz CT molecular complexity index is 1530. The largest absolute Gasteiger partial charge is 0.496 e. The zero-order chi connectivity index (χ0) is 27.9. The standard InChI is InChI=1S/C32H32N4O3/c1-20-10-15-27(34-32(33)36-31(38)26-16-21(2)22(3)29(18-26)39-4)19-28(20)35-30(37)25-13-11-24(12-14-25)17-23-8-6-5-7-9-23/h5-16,18-19H,17H2,1-4H3,(H,35,37)(H3,33,34,36,38). The van der Waals surface area contributed by atoms with Gasteiger partial charge < -0.3 is 15.8 Å². The van der Waals surface area contributed by atoms with E-state index < -0.39 is 5.91 Å². The summed E-state index contributed by atoms with van der Waals surface area (Å²) in [6.07, 6.45) is 0.803. The normalized spacial score (nSPS) is 11.1. The van der Waals surface area contributed by atoms with Crippen molar-refractivity contribution in [1.29, 1.82) is 0 Å². The van der Waals surface area contributed by atoms with E-state index in [4.69, 9.17) is 10.5 Å². The number of ether oxygens (including phenoxy) is 1. The Labute approximate surface area is 228 Å². The molecule has 7 heteroatoms. The Morgan fingerprint density at radius 2 is 1.49 bits per heavy atom. The van der Waals surface area contributed by atoms with Crippen LogP contribution in [0.25, 0.3) is 0 Å². The molecule has 0 aliphatic heterocycles. The molecular formula is C32H32N4O3. The number of carbonyl (C=O) groups excluding carboxylic acids is 2. The number of nitrogens with two attached hydrogens (primary N) is 1. The predicted octanol–water partition coefficient (Wildman–Crippen LogP) is 5.84. The zero-order valence-electron chi connectivity index (χ0n) is 22.5. The van der Waals surface area contributed by atoms with Crippen LogP contribution in [0.2, 0.25) is 0 Å². The lowest BCUT2D eigenvalue weighted by molar-refractivity contribution is 0.0975. The summed E-state index contributed by atoms with van der Waals surface area (Å²) in [5.74, 6) is -0.0582. The summed E-state index contributed by atoms with van der Waals surface area (Å²) < 4.78 is 5.36. The van der Waals surface area contributed by atoms with Crippen LogP contribution < -0.4 is 21.1 Å². The van der Waals surface area contributed by atoms with Crippen molar-refractivity contribution < 1.29 is 14.3 Å². The molecule has 0 aliphatic carbocycles. The molecule has 0 bridgehead atoms. The number of nitrogens with zero attached hydrogens (tertiary/aromatic N) is 1. The topological polar surface area (TPSA) is 106 Å². The van der Waals surface area contributed by atoms with E-state index in [2.05, 4.69) is 27.8 Å². The third-order valence-electron chi connectivity index (χ3n) is 6.53. The second kappa shape index (κ2) is 12.1. The van der Waals surface area contributed by atoms with Crippen LogP contribution in [-0.4, -0.2) is 24.9 Å². The summed E-state index contributed by atoms with van der Waals surface area (Å²) in [7, 11) is 1.56. The fourth-order valence-electron chi connectivity index (χ4n) is 4.14. The van der Waals surface area contributed by atoms with Crippen molar-refractivity contribution >= 4 is 29.1 Å². The quantitative estimate of drug-likeness (QED) is 0.210. The van der Waals surface area contributed by atoms with Gasteiger partial charge >= 0.3 is 0 Å². The second-order valence-corrected chi connectivity index (χ2v) is 9.38. The number of anilines is 1. The Morgan fingerprint density at radius 1 is 0.795 bits per heavy atom. The molecule has 0 aliphatic rings. The van der Waals surface area contributed by atoms with Gasteiger partial charge in [-0.1, -0.05) is 48.5 Å². The van der Waals surface area contributed by atoms with Crippen molar-refractivity contribution in [2.24, 2.45) is 10.7 Å². The maximum Gasteiger partial charge on any atom is 0.258 e. The molecule has 0 heterocycles. The molecule has 0 radical (unpaired) electrons. The van der Waals surface area contributed by atoms with Gasteiger partial charge in [0.15, 0.2) is 0 Å². The number of amides is 2. The van der Waals surface area contributed by atoms with Crippen LogP contribution in [0.15, 0.2) is 89.9 Å². The van der Waals surface area contributed by atoms with Crippen molar-refractivity contribution in [2.75, 3.05) is 12.4 Å². The van der Waals surface area contributed by atoms with Crippen molar-refractivity contribution in [3.63, 3.8) is 0 Å². The van der Waals surface area contributed by atoms with Crippen LogP contribution in [-0.2, 0) is 6.42 Å². The number of guanidine groups is 1. The first-order valence-corrected chi connectivity index (χ1v) is 12.6. The highest BCUT2D eigenvalue weighted by atomic mass is 16.5. The average Bonchev–Trinajstić information content (AvgIpc) is 2.92. The molecule has 2 amide bonds. The van der Waals surface area contributed by atoms with Crippen LogP contribution in [0.4, 0.5) is 11.4 Å². The van der Waals surface area contributed by atoms with Crippen molar-refractivity contribution in [3.8, 4) is 5.75 Å². The molecule has 4 N–H and O–H groups in total.